The zero-order valence-corrected chi connectivity index (χ0v) is 12.2. The average Bonchev–Trinajstić information content (AvgIpc) is 2.58. The monoisotopic (exact) mass is 296 g/mol. The zero-order chi connectivity index (χ0) is 15.8. The molecule has 2 rings (SSSR count). The fourth-order valence-corrected chi connectivity index (χ4v) is 1.82. The summed E-state index contributed by atoms with van der Waals surface area (Å²) in [6, 6.07) is 16.3. The first-order chi connectivity index (χ1) is 10.7. The topological polar surface area (TPSA) is 71.3 Å². The number of para-hydroxylation sites is 1. The van der Waals surface area contributed by atoms with E-state index in [1.165, 1.54) is 0 Å². The van der Waals surface area contributed by atoms with Crippen LogP contribution < -0.4 is 14.8 Å². The Morgan fingerprint density at radius 2 is 1.91 bits per heavy atom. The van der Waals surface area contributed by atoms with Crippen LogP contribution in [0, 0.1) is 11.3 Å². The molecule has 22 heavy (non-hydrogen) atoms. The Labute approximate surface area is 129 Å². The van der Waals surface area contributed by atoms with E-state index in [9.17, 15) is 4.79 Å². The number of methoxy groups -OCH3 is 1. The Bertz CT molecular complexity index is 675. The van der Waals surface area contributed by atoms with Gasteiger partial charge in [0, 0.05) is 6.54 Å². The zero-order valence-electron chi connectivity index (χ0n) is 12.2. The van der Waals surface area contributed by atoms with Crippen LogP contribution in [0.1, 0.15) is 11.1 Å². The van der Waals surface area contributed by atoms with Crippen LogP contribution in [0.15, 0.2) is 48.5 Å². The highest BCUT2D eigenvalue weighted by atomic mass is 16.5. The summed E-state index contributed by atoms with van der Waals surface area (Å²) in [4.78, 5) is 11.8. The van der Waals surface area contributed by atoms with Gasteiger partial charge in [-0.3, -0.25) is 4.79 Å². The van der Waals surface area contributed by atoms with Crippen LogP contribution in [0.5, 0.6) is 11.5 Å². The molecule has 112 valence electrons. The first-order valence-corrected chi connectivity index (χ1v) is 6.74. The minimum Gasteiger partial charge on any atom is -0.497 e. The van der Waals surface area contributed by atoms with Gasteiger partial charge in [-0.15, -0.1) is 0 Å². The van der Waals surface area contributed by atoms with E-state index in [-0.39, 0.29) is 12.5 Å². The predicted molar refractivity (Wildman–Crippen MR) is 81.5 cm³/mol. The summed E-state index contributed by atoms with van der Waals surface area (Å²) in [6.07, 6.45) is 0. The molecule has 0 aliphatic heterocycles. The second-order valence-corrected chi connectivity index (χ2v) is 4.52. The van der Waals surface area contributed by atoms with Gasteiger partial charge in [-0.05, 0) is 29.8 Å². The number of carbonyl (C=O) groups excluding carboxylic acids is 1. The van der Waals surface area contributed by atoms with Gasteiger partial charge in [0.05, 0.1) is 12.7 Å². The molecule has 0 unspecified atom stereocenters. The largest absolute Gasteiger partial charge is 0.497 e. The molecule has 2 aromatic rings. The molecule has 0 aromatic heterocycles. The highest BCUT2D eigenvalue weighted by molar-refractivity contribution is 5.77. The molecule has 0 atom stereocenters. The van der Waals surface area contributed by atoms with Crippen LogP contribution in [0.3, 0.4) is 0 Å². The van der Waals surface area contributed by atoms with Crippen molar-refractivity contribution in [2.24, 2.45) is 0 Å². The molecule has 0 saturated carbocycles. The maximum Gasteiger partial charge on any atom is 0.258 e. The van der Waals surface area contributed by atoms with Crippen LogP contribution in [0.4, 0.5) is 0 Å². The van der Waals surface area contributed by atoms with Crippen molar-refractivity contribution in [2.75, 3.05) is 13.7 Å². The number of rotatable bonds is 6. The predicted octanol–water partition coefficient (Wildman–Crippen LogP) is 2.26. The van der Waals surface area contributed by atoms with Gasteiger partial charge in [-0.2, -0.15) is 5.26 Å². The van der Waals surface area contributed by atoms with Gasteiger partial charge in [-0.25, -0.2) is 0 Å². The second kappa shape index (κ2) is 7.70. The maximum absolute atomic E-state index is 11.8. The maximum atomic E-state index is 11.8. The Morgan fingerprint density at radius 3 is 2.59 bits per heavy atom. The molecule has 5 heteroatoms. The Morgan fingerprint density at radius 1 is 1.18 bits per heavy atom. The van der Waals surface area contributed by atoms with Crippen molar-refractivity contribution in [1.82, 2.24) is 5.32 Å². The van der Waals surface area contributed by atoms with E-state index in [1.807, 2.05) is 30.3 Å². The molecular formula is C17H16N2O3. The summed E-state index contributed by atoms with van der Waals surface area (Å²) < 4.78 is 10.4. The third-order valence-electron chi connectivity index (χ3n) is 3.02. The molecule has 5 nitrogen and oxygen atoms in total. The standard InChI is InChI=1S/C17H16N2O3/c1-21-15-8-6-13(7-9-15)11-19-17(20)12-22-16-5-3-2-4-14(16)10-18/h2-9H,11-12H2,1H3,(H,19,20). The van der Waals surface area contributed by atoms with E-state index in [0.29, 0.717) is 17.9 Å². The van der Waals surface area contributed by atoms with Gasteiger partial charge in [0.2, 0.25) is 0 Å². The molecule has 0 aliphatic rings. The summed E-state index contributed by atoms with van der Waals surface area (Å²) >= 11 is 0. The lowest BCUT2D eigenvalue weighted by Crippen LogP contribution is -2.28. The van der Waals surface area contributed by atoms with E-state index in [0.717, 1.165) is 11.3 Å². The Balaban J connectivity index is 1.81. The summed E-state index contributed by atoms with van der Waals surface area (Å²) in [6.45, 7) is 0.279. The lowest BCUT2D eigenvalue weighted by atomic mass is 10.2. The lowest BCUT2D eigenvalue weighted by molar-refractivity contribution is -0.123. The quantitative estimate of drug-likeness (QED) is 0.887. The van der Waals surface area contributed by atoms with Crippen molar-refractivity contribution in [1.29, 1.82) is 5.26 Å². The number of benzene rings is 2. The van der Waals surface area contributed by atoms with Crippen molar-refractivity contribution >= 4 is 5.91 Å². The Kier molecular flexibility index (Phi) is 5.38. The fraction of sp³-hybridized carbons (Fsp3) is 0.176. The molecular weight excluding hydrogens is 280 g/mol. The summed E-state index contributed by atoms with van der Waals surface area (Å²) in [5, 5.41) is 11.7. The number of nitriles is 1. The number of nitrogens with one attached hydrogen (secondary N) is 1. The molecule has 0 heterocycles. The normalized spacial score (nSPS) is 9.64. The molecule has 0 saturated heterocycles. The number of carbonyl (C=O) groups is 1. The van der Waals surface area contributed by atoms with Crippen LogP contribution in [0.25, 0.3) is 0 Å². The summed E-state index contributed by atoms with van der Waals surface area (Å²) in [5.74, 6) is 0.930. The van der Waals surface area contributed by atoms with E-state index in [4.69, 9.17) is 14.7 Å². The average molecular weight is 296 g/mol. The number of hydrogen-bond acceptors (Lipinski definition) is 4. The molecule has 0 bridgehead atoms. The van der Waals surface area contributed by atoms with Crippen LogP contribution in [0.2, 0.25) is 0 Å². The first-order valence-electron chi connectivity index (χ1n) is 6.74. The van der Waals surface area contributed by atoms with Crippen molar-refractivity contribution in [3.05, 3.63) is 59.7 Å². The van der Waals surface area contributed by atoms with Crippen molar-refractivity contribution < 1.29 is 14.3 Å². The number of nitrogens with zero attached hydrogens (tertiary/aromatic N) is 1. The van der Waals surface area contributed by atoms with Crippen LogP contribution in [-0.4, -0.2) is 19.6 Å². The molecule has 0 radical (unpaired) electrons. The summed E-state index contributed by atoms with van der Waals surface area (Å²) in [7, 11) is 1.60. The molecule has 0 spiro atoms. The highest BCUT2D eigenvalue weighted by Gasteiger charge is 2.06. The van der Waals surface area contributed by atoms with E-state index in [1.54, 1.807) is 31.4 Å². The van der Waals surface area contributed by atoms with Gasteiger partial charge in [0.25, 0.3) is 5.91 Å². The molecule has 0 aliphatic carbocycles. The number of amides is 1. The van der Waals surface area contributed by atoms with Crippen molar-refractivity contribution in [3.63, 3.8) is 0 Å². The fourth-order valence-electron chi connectivity index (χ4n) is 1.82. The molecule has 1 amide bonds. The molecule has 2 aromatic carbocycles. The van der Waals surface area contributed by atoms with E-state index in [2.05, 4.69) is 5.32 Å². The highest BCUT2D eigenvalue weighted by Crippen LogP contribution is 2.16. The first kappa shape index (κ1) is 15.4. The number of hydrogen-bond donors (Lipinski definition) is 1. The van der Waals surface area contributed by atoms with E-state index < -0.39 is 0 Å². The van der Waals surface area contributed by atoms with Gasteiger partial charge >= 0.3 is 0 Å². The van der Waals surface area contributed by atoms with Gasteiger partial charge in [0.1, 0.15) is 17.6 Å². The lowest BCUT2D eigenvalue weighted by Gasteiger charge is -2.09. The van der Waals surface area contributed by atoms with E-state index >= 15 is 0 Å². The summed E-state index contributed by atoms with van der Waals surface area (Å²) in [5.41, 5.74) is 1.37. The van der Waals surface area contributed by atoms with Gasteiger partial charge < -0.3 is 14.8 Å². The van der Waals surface area contributed by atoms with Crippen molar-refractivity contribution in [2.45, 2.75) is 6.54 Å². The second-order valence-electron chi connectivity index (χ2n) is 4.52. The van der Waals surface area contributed by atoms with Crippen LogP contribution >= 0.6 is 0 Å². The SMILES string of the molecule is COc1ccc(CNC(=O)COc2ccccc2C#N)cc1. The molecule has 1 N–H and O–H groups in total. The van der Waals surface area contributed by atoms with Crippen LogP contribution in [-0.2, 0) is 11.3 Å². The molecule has 0 fully saturated rings. The van der Waals surface area contributed by atoms with Crippen molar-refractivity contribution in [3.8, 4) is 17.6 Å². The van der Waals surface area contributed by atoms with Gasteiger partial charge in [-0.1, -0.05) is 24.3 Å². The minimum atomic E-state index is -0.247. The third-order valence-corrected chi connectivity index (χ3v) is 3.02. The van der Waals surface area contributed by atoms with Gasteiger partial charge in [0.15, 0.2) is 6.61 Å². The smallest absolute Gasteiger partial charge is 0.258 e. The Hall–Kier alpha value is -3.00. The third kappa shape index (κ3) is 4.25. The number of ether oxygens (including phenoxy) is 2. The minimum absolute atomic E-state index is 0.130.